The maximum atomic E-state index is 13.6. The predicted octanol–water partition coefficient (Wildman–Crippen LogP) is 2.54. The van der Waals surface area contributed by atoms with Gasteiger partial charge in [-0.25, -0.2) is 8.78 Å². The summed E-state index contributed by atoms with van der Waals surface area (Å²) in [4.78, 5) is 13.4. The summed E-state index contributed by atoms with van der Waals surface area (Å²) in [6, 6.07) is 3.16. The van der Waals surface area contributed by atoms with Gasteiger partial charge in [0, 0.05) is 20.2 Å². The van der Waals surface area contributed by atoms with Gasteiger partial charge >= 0.3 is 0 Å². The molecule has 0 atom stereocenters. The number of hydrogen-bond donors (Lipinski definition) is 0. The Kier molecular flexibility index (Phi) is 3.38. The van der Waals surface area contributed by atoms with Crippen molar-refractivity contribution >= 4 is 17.5 Å². The molecule has 0 spiro atoms. The topological polar surface area (TPSA) is 41.9 Å². The Bertz CT molecular complexity index is 589. The summed E-state index contributed by atoms with van der Waals surface area (Å²) in [5, 5.41) is -0.0487. The summed E-state index contributed by atoms with van der Waals surface area (Å²) in [7, 11) is 3.44. The van der Waals surface area contributed by atoms with E-state index in [-0.39, 0.29) is 16.7 Å². The molecule has 94 valence electrons. The van der Waals surface area contributed by atoms with E-state index in [2.05, 4.69) is 15.0 Å². The quantitative estimate of drug-likeness (QED) is 0.841. The van der Waals surface area contributed by atoms with Crippen LogP contribution in [0.5, 0.6) is 0 Å². The van der Waals surface area contributed by atoms with E-state index >= 15 is 0 Å². The molecular weight excluding hydrogens is 262 g/mol. The molecule has 0 aliphatic carbocycles. The van der Waals surface area contributed by atoms with Crippen LogP contribution in [0.1, 0.15) is 0 Å². The van der Waals surface area contributed by atoms with Crippen LogP contribution < -0.4 is 4.90 Å². The fourth-order valence-electron chi connectivity index (χ4n) is 1.33. The largest absolute Gasteiger partial charge is 0.347 e. The maximum Gasteiger partial charge on any atom is 0.229 e. The number of rotatable bonds is 2. The lowest BCUT2D eigenvalue weighted by atomic mass is 10.2. The van der Waals surface area contributed by atoms with Gasteiger partial charge in [-0.05, 0) is 23.7 Å². The Morgan fingerprint density at radius 1 is 1.11 bits per heavy atom. The van der Waals surface area contributed by atoms with E-state index in [0.717, 1.165) is 12.1 Å². The van der Waals surface area contributed by atoms with Gasteiger partial charge in [-0.15, -0.1) is 0 Å². The van der Waals surface area contributed by atoms with Gasteiger partial charge in [0.2, 0.25) is 11.2 Å². The van der Waals surface area contributed by atoms with Crippen LogP contribution in [0.3, 0.4) is 0 Å². The van der Waals surface area contributed by atoms with Crippen molar-refractivity contribution in [1.29, 1.82) is 0 Å². The van der Waals surface area contributed by atoms with Crippen LogP contribution in [-0.2, 0) is 0 Å². The second-order valence-corrected chi connectivity index (χ2v) is 4.08. The Hall–Kier alpha value is -1.82. The van der Waals surface area contributed by atoms with Gasteiger partial charge in [-0.1, -0.05) is 0 Å². The van der Waals surface area contributed by atoms with E-state index in [4.69, 9.17) is 11.6 Å². The third kappa shape index (κ3) is 2.53. The highest BCUT2D eigenvalue weighted by molar-refractivity contribution is 6.28. The maximum absolute atomic E-state index is 13.6. The zero-order valence-corrected chi connectivity index (χ0v) is 10.4. The highest BCUT2D eigenvalue weighted by Gasteiger charge is 2.13. The molecule has 1 aromatic heterocycles. The number of nitrogens with zero attached hydrogens (tertiary/aromatic N) is 4. The van der Waals surface area contributed by atoms with Crippen LogP contribution in [0, 0.1) is 11.6 Å². The molecule has 2 rings (SSSR count). The molecule has 0 saturated carbocycles. The molecular formula is C11H9ClF2N4. The Labute approximate surface area is 107 Å². The Balaban J connectivity index is 2.56. The molecule has 0 bridgehead atoms. The van der Waals surface area contributed by atoms with Crippen LogP contribution in [0.25, 0.3) is 11.4 Å². The summed E-state index contributed by atoms with van der Waals surface area (Å²) in [6.07, 6.45) is 0. The smallest absolute Gasteiger partial charge is 0.229 e. The minimum absolute atomic E-state index is 0.0487. The van der Waals surface area contributed by atoms with Crippen LogP contribution in [0.4, 0.5) is 14.7 Å². The third-order valence-corrected chi connectivity index (χ3v) is 2.34. The SMILES string of the molecule is CN(C)c1nc(Cl)nc(-c2ccc(F)cc2F)n1. The zero-order chi connectivity index (χ0) is 13.3. The van der Waals surface area contributed by atoms with Crippen molar-refractivity contribution in [2.75, 3.05) is 19.0 Å². The molecule has 7 heteroatoms. The van der Waals surface area contributed by atoms with E-state index < -0.39 is 11.6 Å². The molecule has 18 heavy (non-hydrogen) atoms. The van der Waals surface area contributed by atoms with Gasteiger partial charge in [0.25, 0.3) is 0 Å². The second kappa shape index (κ2) is 4.81. The normalized spacial score (nSPS) is 10.5. The van der Waals surface area contributed by atoms with Crippen molar-refractivity contribution in [3.8, 4) is 11.4 Å². The first kappa shape index (κ1) is 12.6. The Morgan fingerprint density at radius 3 is 2.44 bits per heavy atom. The lowest BCUT2D eigenvalue weighted by Crippen LogP contribution is -2.14. The Morgan fingerprint density at radius 2 is 1.83 bits per heavy atom. The van der Waals surface area contributed by atoms with Crippen LogP contribution >= 0.6 is 11.6 Å². The number of hydrogen-bond acceptors (Lipinski definition) is 4. The molecule has 0 aliphatic rings. The van der Waals surface area contributed by atoms with E-state index in [0.29, 0.717) is 5.95 Å². The minimum Gasteiger partial charge on any atom is -0.347 e. The molecule has 0 unspecified atom stereocenters. The average Bonchev–Trinajstić information content (AvgIpc) is 2.27. The van der Waals surface area contributed by atoms with E-state index in [9.17, 15) is 8.78 Å². The first-order chi connectivity index (χ1) is 8.47. The fourth-order valence-corrected chi connectivity index (χ4v) is 1.49. The lowest BCUT2D eigenvalue weighted by molar-refractivity contribution is 0.585. The van der Waals surface area contributed by atoms with E-state index in [1.807, 2.05) is 0 Å². The highest BCUT2D eigenvalue weighted by Crippen LogP contribution is 2.22. The van der Waals surface area contributed by atoms with Crippen LogP contribution in [-0.4, -0.2) is 29.0 Å². The van der Waals surface area contributed by atoms with Gasteiger partial charge in [-0.2, -0.15) is 15.0 Å². The van der Waals surface area contributed by atoms with Gasteiger partial charge in [-0.3, -0.25) is 0 Å². The predicted molar refractivity (Wildman–Crippen MR) is 64.5 cm³/mol. The molecule has 2 aromatic rings. The third-order valence-electron chi connectivity index (χ3n) is 2.17. The fraction of sp³-hybridized carbons (Fsp3) is 0.182. The summed E-state index contributed by atoms with van der Waals surface area (Å²) in [5.41, 5.74) is 0.0730. The van der Waals surface area contributed by atoms with Crippen molar-refractivity contribution in [2.45, 2.75) is 0 Å². The van der Waals surface area contributed by atoms with Crippen molar-refractivity contribution in [1.82, 2.24) is 15.0 Å². The van der Waals surface area contributed by atoms with Gasteiger partial charge in [0.05, 0.1) is 5.56 Å². The number of anilines is 1. The zero-order valence-electron chi connectivity index (χ0n) is 9.65. The summed E-state index contributed by atoms with van der Waals surface area (Å²) in [6.45, 7) is 0. The van der Waals surface area contributed by atoms with Crippen molar-refractivity contribution in [3.05, 3.63) is 35.1 Å². The number of aromatic nitrogens is 3. The van der Waals surface area contributed by atoms with E-state index in [1.54, 1.807) is 19.0 Å². The summed E-state index contributed by atoms with van der Waals surface area (Å²) >= 11 is 5.74. The second-order valence-electron chi connectivity index (χ2n) is 3.75. The molecule has 0 radical (unpaired) electrons. The minimum atomic E-state index is -0.748. The van der Waals surface area contributed by atoms with Gasteiger partial charge in [0.1, 0.15) is 11.6 Å². The van der Waals surface area contributed by atoms with Gasteiger partial charge in [0.15, 0.2) is 5.82 Å². The monoisotopic (exact) mass is 270 g/mol. The van der Waals surface area contributed by atoms with Crippen LogP contribution in [0.2, 0.25) is 5.28 Å². The lowest BCUT2D eigenvalue weighted by Gasteiger charge is -2.11. The summed E-state index contributed by atoms with van der Waals surface area (Å²) < 4.78 is 26.4. The molecule has 4 nitrogen and oxygen atoms in total. The molecule has 1 aromatic carbocycles. The number of benzene rings is 1. The molecule has 0 N–H and O–H groups in total. The first-order valence-electron chi connectivity index (χ1n) is 5.01. The van der Waals surface area contributed by atoms with Crippen molar-refractivity contribution in [3.63, 3.8) is 0 Å². The first-order valence-corrected chi connectivity index (χ1v) is 5.39. The molecule has 1 heterocycles. The molecule has 0 aliphatic heterocycles. The summed E-state index contributed by atoms with van der Waals surface area (Å²) in [5.74, 6) is -1.05. The molecule has 0 fully saturated rings. The van der Waals surface area contributed by atoms with E-state index in [1.165, 1.54) is 6.07 Å². The number of halogens is 3. The van der Waals surface area contributed by atoms with Crippen molar-refractivity contribution in [2.24, 2.45) is 0 Å². The highest BCUT2D eigenvalue weighted by atomic mass is 35.5. The average molecular weight is 271 g/mol. The van der Waals surface area contributed by atoms with Gasteiger partial charge < -0.3 is 4.90 Å². The molecule has 0 saturated heterocycles. The standard InChI is InChI=1S/C11H9ClF2N4/c1-18(2)11-16-9(15-10(12)17-11)7-4-3-6(13)5-8(7)14/h3-5H,1-2H3. The van der Waals surface area contributed by atoms with Crippen LogP contribution in [0.15, 0.2) is 18.2 Å². The van der Waals surface area contributed by atoms with Crippen molar-refractivity contribution < 1.29 is 8.78 Å². The molecule has 0 amide bonds.